The normalized spacial score (nSPS) is 12.6. The maximum absolute atomic E-state index is 12.5. The van der Waals surface area contributed by atoms with Crippen molar-refractivity contribution in [2.45, 2.75) is 12.4 Å². The number of carboxylic acid groups (broad SMARTS) is 1. The minimum Gasteiger partial charge on any atom is -0.478 e. The molecule has 0 aromatic heterocycles. The molecule has 0 unspecified atom stereocenters. The van der Waals surface area contributed by atoms with Crippen molar-refractivity contribution >= 4 is 21.9 Å². The van der Waals surface area contributed by atoms with Gasteiger partial charge < -0.3 is 5.11 Å². The van der Waals surface area contributed by atoms with Gasteiger partial charge in [-0.1, -0.05) is 0 Å². The molecule has 0 saturated carbocycles. The van der Waals surface area contributed by atoms with Crippen molar-refractivity contribution in [2.24, 2.45) is 0 Å². The van der Waals surface area contributed by atoms with Gasteiger partial charge in [0.05, 0.1) is 16.7 Å². The van der Waals surface area contributed by atoms with Crippen LogP contribution in [0.2, 0.25) is 0 Å². The Morgan fingerprint density at radius 2 is 1.56 bits per heavy atom. The number of rotatable bonds is 1. The van der Waals surface area contributed by atoms with Crippen molar-refractivity contribution in [2.75, 3.05) is 0 Å². The molecule has 2 nitrogen and oxygen atoms in total. The van der Waals surface area contributed by atoms with Crippen LogP contribution < -0.4 is 0 Å². The Bertz CT molecular complexity index is 491. The van der Waals surface area contributed by atoms with E-state index in [1.165, 1.54) is 0 Å². The zero-order chi connectivity index (χ0) is 14.3. The van der Waals surface area contributed by atoms with Gasteiger partial charge in [-0.15, -0.1) is 0 Å². The molecule has 1 aromatic carbocycles. The quantitative estimate of drug-likeness (QED) is 0.781. The number of halogens is 7. The smallest absolute Gasteiger partial charge is 0.417 e. The van der Waals surface area contributed by atoms with Crippen molar-refractivity contribution in [1.82, 2.24) is 0 Å². The Labute approximate surface area is 104 Å². The molecule has 1 N–H and O–H groups in total. The number of benzene rings is 1. The summed E-state index contributed by atoms with van der Waals surface area (Å²) in [5.74, 6) is -1.89. The van der Waals surface area contributed by atoms with Crippen molar-refractivity contribution in [3.05, 3.63) is 33.3 Å². The fourth-order valence-corrected chi connectivity index (χ4v) is 1.77. The van der Waals surface area contributed by atoms with E-state index < -0.39 is 39.5 Å². The third-order valence-electron chi connectivity index (χ3n) is 1.94. The molecule has 0 fully saturated rings. The number of hydrogen-bond acceptors (Lipinski definition) is 1. The molecule has 0 aliphatic rings. The van der Waals surface area contributed by atoms with Gasteiger partial charge in [0.1, 0.15) is 0 Å². The second-order valence-corrected chi connectivity index (χ2v) is 3.98. The lowest BCUT2D eigenvalue weighted by atomic mass is 10.0. The Morgan fingerprint density at radius 3 is 1.89 bits per heavy atom. The third kappa shape index (κ3) is 2.95. The molecular weight excluding hydrogens is 334 g/mol. The standard InChI is InChI=1S/C9H3BrF6O2/c10-6-4(7(17)18)1-3(8(11,12)13)2-5(6)9(14,15)16/h1-2H,(H,17,18). The first-order valence-electron chi connectivity index (χ1n) is 4.16. The van der Waals surface area contributed by atoms with Crippen LogP contribution in [0.1, 0.15) is 21.5 Å². The first-order chi connectivity index (χ1) is 7.94. The number of carboxylic acids is 1. The molecule has 1 aromatic rings. The minimum absolute atomic E-state index is 0.141. The molecule has 0 bridgehead atoms. The maximum atomic E-state index is 12.5. The van der Waals surface area contributed by atoms with Gasteiger partial charge in [-0.3, -0.25) is 0 Å². The van der Waals surface area contributed by atoms with E-state index in [1.807, 2.05) is 0 Å². The Kier molecular flexibility index (Phi) is 3.66. The number of aromatic carboxylic acids is 1. The third-order valence-corrected chi connectivity index (χ3v) is 2.79. The molecule has 0 aliphatic carbocycles. The van der Waals surface area contributed by atoms with Crippen LogP contribution in [-0.2, 0) is 12.4 Å². The minimum atomic E-state index is -5.09. The van der Waals surface area contributed by atoms with Gasteiger partial charge >= 0.3 is 18.3 Å². The molecular formula is C9H3BrF6O2. The zero-order valence-electron chi connectivity index (χ0n) is 8.16. The average Bonchev–Trinajstić information content (AvgIpc) is 2.13. The van der Waals surface area contributed by atoms with Crippen LogP contribution in [0, 0.1) is 0 Å². The molecule has 18 heavy (non-hydrogen) atoms. The lowest BCUT2D eigenvalue weighted by molar-refractivity contribution is -0.143. The highest BCUT2D eigenvalue weighted by molar-refractivity contribution is 9.10. The van der Waals surface area contributed by atoms with Crippen LogP contribution in [-0.4, -0.2) is 11.1 Å². The summed E-state index contributed by atoms with van der Waals surface area (Å²) >= 11 is 2.35. The van der Waals surface area contributed by atoms with Crippen LogP contribution in [0.15, 0.2) is 16.6 Å². The topological polar surface area (TPSA) is 37.3 Å². The van der Waals surface area contributed by atoms with Crippen LogP contribution >= 0.6 is 15.9 Å². The van der Waals surface area contributed by atoms with Crippen molar-refractivity contribution in [3.8, 4) is 0 Å². The van der Waals surface area contributed by atoms with Crippen LogP contribution in [0.25, 0.3) is 0 Å². The average molecular weight is 337 g/mol. The predicted molar refractivity (Wildman–Crippen MR) is 51.1 cm³/mol. The summed E-state index contributed by atoms with van der Waals surface area (Å²) in [6.45, 7) is 0. The SMILES string of the molecule is O=C(O)c1cc(C(F)(F)F)cc(C(F)(F)F)c1Br. The fraction of sp³-hybridized carbons (Fsp3) is 0.222. The van der Waals surface area contributed by atoms with E-state index in [1.54, 1.807) is 0 Å². The second kappa shape index (κ2) is 4.45. The Balaban J connectivity index is 3.63. The van der Waals surface area contributed by atoms with E-state index in [0.717, 1.165) is 0 Å². The van der Waals surface area contributed by atoms with E-state index in [4.69, 9.17) is 5.11 Å². The first kappa shape index (κ1) is 14.8. The molecule has 0 saturated heterocycles. The largest absolute Gasteiger partial charge is 0.478 e. The van der Waals surface area contributed by atoms with Gasteiger partial charge in [0.2, 0.25) is 0 Å². The highest BCUT2D eigenvalue weighted by atomic mass is 79.9. The molecule has 0 atom stereocenters. The molecule has 0 heterocycles. The fourth-order valence-electron chi connectivity index (χ4n) is 1.15. The van der Waals surface area contributed by atoms with E-state index >= 15 is 0 Å². The Hall–Kier alpha value is -1.25. The number of hydrogen-bond donors (Lipinski definition) is 1. The van der Waals surface area contributed by atoms with Crippen molar-refractivity contribution in [3.63, 3.8) is 0 Å². The van der Waals surface area contributed by atoms with Crippen LogP contribution in [0.4, 0.5) is 26.3 Å². The molecule has 100 valence electrons. The van der Waals surface area contributed by atoms with Gasteiger partial charge in [0.25, 0.3) is 0 Å². The summed E-state index contributed by atoms with van der Waals surface area (Å²) in [5, 5.41) is 8.58. The van der Waals surface area contributed by atoms with Gasteiger partial charge in [0, 0.05) is 4.47 Å². The van der Waals surface area contributed by atoms with E-state index in [9.17, 15) is 31.1 Å². The zero-order valence-corrected chi connectivity index (χ0v) is 9.74. The number of alkyl halides is 6. The van der Waals surface area contributed by atoms with E-state index in [0.29, 0.717) is 0 Å². The predicted octanol–water partition coefficient (Wildman–Crippen LogP) is 4.18. The lowest BCUT2D eigenvalue weighted by Crippen LogP contribution is -2.14. The summed E-state index contributed by atoms with van der Waals surface area (Å²) in [6, 6.07) is -0.00181. The highest BCUT2D eigenvalue weighted by Crippen LogP contribution is 2.41. The molecule has 0 aliphatic heterocycles. The molecule has 0 radical (unpaired) electrons. The summed E-state index contributed by atoms with van der Waals surface area (Å²) in [6.07, 6.45) is -10.2. The Morgan fingerprint density at radius 1 is 1.06 bits per heavy atom. The van der Waals surface area contributed by atoms with Gasteiger partial charge in [-0.25, -0.2) is 4.79 Å². The van der Waals surface area contributed by atoms with Gasteiger partial charge in [0.15, 0.2) is 0 Å². The number of carbonyl (C=O) groups is 1. The molecule has 9 heteroatoms. The summed E-state index contributed by atoms with van der Waals surface area (Å²) in [4.78, 5) is 10.6. The van der Waals surface area contributed by atoms with Crippen molar-refractivity contribution in [1.29, 1.82) is 0 Å². The van der Waals surface area contributed by atoms with E-state index in [2.05, 4.69) is 15.9 Å². The summed E-state index contributed by atoms with van der Waals surface area (Å²) < 4.78 is 73.5. The molecule has 0 spiro atoms. The summed E-state index contributed by atoms with van der Waals surface area (Å²) in [5.41, 5.74) is -4.46. The molecule has 1 rings (SSSR count). The molecule has 0 amide bonds. The van der Waals surface area contributed by atoms with Crippen LogP contribution in [0.3, 0.4) is 0 Å². The lowest BCUT2D eigenvalue weighted by Gasteiger charge is -2.15. The van der Waals surface area contributed by atoms with Crippen molar-refractivity contribution < 1.29 is 36.2 Å². The highest BCUT2D eigenvalue weighted by Gasteiger charge is 2.39. The van der Waals surface area contributed by atoms with Gasteiger partial charge in [-0.2, -0.15) is 26.3 Å². The van der Waals surface area contributed by atoms with Crippen LogP contribution in [0.5, 0.6) is 0 Å². The second-order valence-electron chi connectivity index (χ2n) is 3.19. The summed E-state index contributed by atoms with van der Waals surface area (Å²) in [7, 11) is 0. The monoisotopic (exact) mass is 336 g/mol. The maximum Gasteiger partial charge on any atom is 0.417 e. The first-order valence-corrected chi connectivity index (χ1v) is 4.95. The van der Waals surface area contributed by atoms with Gasteiger partial charge in [-0.05, 0) is 28.1 Å². The van der Waals surface area contributed by atoms with E-state index in [-0.39, 0.29) is 12.1 Å².